The van der Waals surface area contributed by atoms with Gasteiger partial charge >= 0.3 is 0 Å². The van der Waals surface area contributed by atoms with Crippen LogP contribution in [-0.4, -0.2) is 45.0 Å². The summed E-state index contributed by atoms with van der Waals surface area (Å²) < 4.78 is 1.69. The first-order valence-electron chi connectivity index (χ1n) is 7.83. The van der Waals surface area contributed by atoms with Gasteiger partial charge in [-0.25, -0.2) is 9.97 Å². The van der Waals surface area contributed by atoms with Crippen LogP contribution in [0.4, 0.5) is 11.4 Å². The summed E-state index contributed by atoms with van der Waals surface area (Å²) in [6, 6.07) is 7.73. The second-order valence-electron chi connectivity index (χ2n) is 5.87. The number of aryl methyl sites for hydroxylation is 1. The monoisotopic (exact) mass is 356 g/mol. The molecule has 1 amide bonds. The summed E-state index contributed by atoms with van der Waals surface area (Å²) in [7, 11) is 5.79. The first-order valence-corrected chi connectivity index (χ1v) is 8.71. The number of rotatable bonds is 5. The number of aromatic nitrogens is 4. The van der Waals surface area contributed by atoms with Gasteiger partial charge in [0.25, 0.3) is 0 Å². The molecule has 0 radical (unpaired) electrons. The minimum Gasteiger partial charge on any atom is -0.378 e. The summed E-state index contributed by atoms with van der Waals surface area (Å²) >= 11 is 1.40. The zero-order valence-corrected chi connectivity index (χ0v) is 15.4. The minimum absolute atomic E-state index is 0.0711. The molecule has 25 heavy (non-hydrogen) atoms. The third kappa shape index (κ3) is 3.74. The Morgan fingerprint density at radius 3 is 2.64 bits per heavy atom. The number of anilines is 2. The lowest BCUT2D eigenvalue weighted by Crippen LogP contribution is -2.22. The van der Waals surface area contributed by atoms with Crippen LogP contribution in [0.1, 0.15) is 6.92 Å². The summed E-state index contributed by atoms with van der Waals surface area (Å²) in [5.74, 6) is -0.0711. The molecule has 1 unspecified atom stereocenters. The van der Waals surface area contributed by atoms with Crippen molar-refractivity contribution in [1.29, 1.82) is 0 Å². The van der Waals surface area contributed by atoms with E-state index >= 15 is 0 Å². The van der Waals surface area contributed by atoms with Crippen LogP contribution in [0.5, 0.6) is 0 Å². The summed E-state index contributed by atoms with van der Waals surface area (Å²) in [6.45, 7) is 1.86. The van der Waals surface area contributed by atoms with Crippen molar-refractivity contribution in [3.8, 4) is 0 Å². The maximum absolute atomic E-state index is 12.5. The van der Waals surface area contributed by atoms with Gasteiger partial charge in [-0.1, -0.05) is 11.8 Å². The highest BCUT2D eigenvalue weighted by Crippen LogP contribution is 2.28. The topological polar surface area (TPSA) is 75.9 Å². The molecule has 2 aromatic heterocycles. The Morgan fingerprint density at radius 1 is 1.24 bits per heavy atom. The van der Waals surface area contributed by atoms with Gasteiger partial charge in [-0.15, -0.1) is 0 Å². The van der Waals surface area contributed by atoms with E-state index in [0.717, 1.165) is 27.4 Å². The third-order valence-electron chi connectivity index (χ3n) is 3.80. The number of nitrogens with one attached hydrogen (secondary N) is 1. The Kier molecular flexibility index (Phi) is 4.89. The second kappa shape index (κ2) is 7.10. The predicted molar refractivity (Wildman–Crippen MR) is 101 cm³/mol. The molecule has 1 atom stereocenters. The molecular formula is C17H20N6OS. The summed E-state index contributed by atoms with van der Waals surface area (Å²) in [6.07, 6.45) is 3.22. The van der Waals surface area contributed by atoms with Gasteiger partial charge in [0.15, 0.2) is 5.65 Å². The standard InChI is InChI=1S/C17H20N6OS/c1-11(16(24)21-12-5-7-13(8-6-12)22(2)3)25-17-14-9-20-23(4)15(14)18-10-19-17/h5-11H,1-4H3,(H,21,24). The Balaban J connectivity index is 1.69. The van der Waals surface area contributed by atoms with Crippen LogP contribution in [0.25, 0.3) is 11.0 Å². The van der Waals surface area contributed by atoms with E-state index in [1.165, 1.54) is 18.1 Å². The quantitative estimate of drug-likeness (QED) is 0.559. The molecule has 3 rings (SSSR count). The van der Waals surface area contributed by atoms with Crippen molar-refractivity contribution in [2.24, 2.45) is 7.05 Å². The molecule has 7 nitrogen and oxygen atoms in total. The smallest absolute Gasteiger partial charge is 0.237 e. The van der Waals surface area contributed by atoms with Crippen molar-refractivity contribution in [3.05, 3.63) is 36.8 Å². The fourth-order valence-corrected chi connectivity index (χ4v) is 3.22. The van der Waals surface area contributed by atoms with E-state index in [4.69, 9.17) is 0 Å². The number of nitrogens with zero attached hydrogens (tertiary/aromatic N) is 5. The Bertz CT molecular complexity index is 890. The first kappa shape index (κ1) is 17.2. The third-order valence-corrected chi connectivity index (χ3v) is 4.92. The van der Waals surface area contributed by atoms with Gasteiger partial charge in [0.2, 0.25) is 5.91 Å². The van der Waals surface area contributed by atoms with Crippen molar-refractivity contribution in [2.75, 3.05) is 24.3 Å². The summed E-state index contributed by atoms with van der Waals surface area (Å²) in [5, 5.41) is 8.44. The molecular weight excluding hydrogens is 336 g/mol. The van der Waals surface area contributed by atoms with Crippen LogP contribution >= 0.6 is 11.8 Å². The zero-order chi connectivity index (χ0) is 18.0. The number of benzene rings is 1. The molecule has 0 fully saturated rings. The molecule has 2 heterocycles. The summed E-state index contributed by atoms with van der Waals surface area (Å²) in [5.41, 5.74) is 2.61. The van der Waals surface area contributed by atoms with E-state index in [9.17, 15) is 4.79 Å². The van der Waals surface area contributed by atoms with Crippen LogP contribution in [0.2, 0.25) is 0 Å². The first-order chi connectivity index (χ1) is 12.0. The molecule has 0 bridgehead atoms. The molecule has 3 aromatic rings. The molecule has 0 aliphatic heterocycles. The van der Waals surface area contributed by atoms with Crippen LogP contribution in [0.15, 0.2) is 41.8 Å². The molecule has 1 aromatic carbocycles. The van der Waals surface area contributed by atoms with Gasteiger partial charge in [0, 0.05) is 32.5 Å². The fraction of sp³-hybridized carbons (Fsp3) is 0.294. The van der Waals surface area contributed by atoms with Crippen molar-refractivity contribution in [1.82, 2.24) is 19.7 Å². The van der Waals surface area contributed by atoms with Crippen LogP contribution in [0.3, 0.4) is 0 Å². The van der Waals surface area contributed by atoms with Gasteiger partial charge in [0.05, 0.1) is 16.8 Å². The summed E-state index contributed by atoms with van der Waals surface area (Å²) in [4.78, 5) is 23.0. The molecule has 0 saturated carbocycles. The number of amides is 1. The maximum Gasteiger partial charge on any atom is 0.237 e. The largest absolute Gasteiger partial charge is 0.378 e. The van der Waals surface area contributed by atoms with Gasteiger partial charge in [-0.05, 0) is 31.2 Å². The fourth-order valence-electron chi connectivity index (χ4n) is 2.34. The van der Waals surface area contributed by atoms with Gasteiger partial charge in [0.1, 0.15) is 11.4 Å². The highest BCUT2D eigenvalue weighted by molar-refractivity contribution is 8.00. The molecule has 8 heteroatoms. The number of carbonyl (C=O) groups excluding carboxylic acids is 1. The van der Waals surface area contributed by atoms with Crippen LogP contribution in [-0.2, 0) is 11.8 Å². The predicted octanol–water partition coefficient (Wildman–Crippen LogP) is 2.55. The highest BCUT2D eigenvalue weighted by Gasteiger charge is 2.18. The lowest BCUT2D eigenvalue weighted by molar-refractivity contribution is -0.115. The van der Waals surface area contributed by atoms with E-state index in [0.29, 0.717) is 0 Å². The lowest BCUT2D eigenvalue weighted by Gasteiger charge is -2.14. The van der Waals surface area contributed by atoms with Crippen molar-refractivity contribution in [2.45, 2.75) is 17.2 Å². The van der Waals surface area contributed by atoms with E-state index in [1.807, 2.05) is 57.2 Å². The number of carbonyl (C=O) groups is 1. The van der Waals surface area contributed by atoms with Crippen molar-refractivity contribution >= 4 is 40.1 Å². The molecule has 0 aliphatic rings. The van der Waals surface area contributed by atoms with E-state index in [1.54, 1.807) is 10.9 Å². The normalized spacial score (nSPS) is 12.2. The average molecular weight is 356 g/mol. The zero-order valence-electron chi connectivity index (χ0n) is 14.6. The Hall–Kier alpha value is -2.61. The molecule has 0 aliphatic carbocycles. The number of hydrogen-bond donors (Lipinski definition) is 1. The van der Waals surface area contributed by atoms with Gasteiger partial charge in [-0.2, -0.15) is 5.10 Å². The minimum atomic E-state index is -0.299. The Labute approximate surface area is 150 Å². The number of thioether (sulfide) groups is 1. The number of hydrogen-bond acceptors (Lipinski definition) is 6. The van der Waals surface area contributed by atoms with Gasteiger partial charge in [-0.3, -0.25) is 9.48 Å². The van der Waals surface area contributed by atoms with Gasteiger partial charge < -0.3 is 10.2 Å². The molecule has 0 spiro atoms. The second-order valence-corrected chi connectivity index (χ2v) is 7.20. The molecule has 1 N–H and O–H groups in total. The molecule has 0 saturated heterocycles. The average Bonchev–Trinajstić information content (AvgIpc) is 2.97. The van der Waals surface area contributed by atoms with Crippen molar-refractivity contribution in [3.63, 3.8) is 0 Å². The van der Waals surface area contributed by atoms with Crippen LogP contribution in [0, 0.1) is 0 Å². The van der Waals surface area contributed by atoms with E-state index < -0.39 is 0 Å². The van der Waals surface area contributed by atoms with Crippen LogP contribution < -0.4 is 10.2 Å². The van der Waals surface area contributed by atoms with E-state index in [2.05, 4.69) is 20.4 Å². The Morgan fingerprint density at radius 2 is 1.96 bits per heavy atom. The number of fused-ring (bicyclic) bond motifs is 1. The maximum atomic E-state index is 12.5. The van der Waals surface area contributed by atoms with E-state index in [-0.39, 0.29) is 11.2 Å². The van der Waals surface area contributed by atoms with Crippen molar-refractivity contribution < 1.29 is 4.79 Å². The molecule has 130 valence electrons. The lowest BCUT2D eigenvalue weighted by atomic mass is 10.2. The SMILES string of the molecule is CC(Sc1ncnc2c1cnn2C)C(=O)Nc1ccc(N(C)C)cc1. The highest BCUT2D eigenvalue weighted by atomic mass is 32.2.